The molecule has 1 aliphatic heterocycles. The monoisotopic (exact) mass is 939 g/mol. The molecule has 11 nitrogen and oxygen atoms in total. The van der Waals surface area contributed by atoms with E-state index in [9.17, 15) is 9.36 Å². The van der Waals surface area contributed by atoms with Gasteiger partial charge in [0.1, 0.15) is 31.0 Å². The summed E-state index contributed by atoms with van der Waals surface area (Å²) in [4.78, 5) is 13.4. The molecule has 0 aliphatic carbocycles. The van der Waals surface area contributed by atoms with Gasteiger partial charge >= 0.3 is 13.9 Å². The van der Waals surface area contributed by atoms with Crippen molar-refractivity contribution in [2.75, 3.05) is 26.4 Å². The fourth-order valence-corrected chi connectivity index (χ4v) is 8.41. The van der Waals surface area contributed by atoms with Crippen LogP contribution in [0.25, 0.3) is 0 Å². The van der Waals surface area contributed by atoms with Gasteiger partial charge in [0.15, 0.2) is 6.29 Å². The summed E-state index contributed by atoms with van der Waals surface area (Å²) < 4.78 is 62.6. The van der Waals surface area contributed by atoms with Gasteiger partial charge in [-0.25, -0.2) is 9.36 Å². The summed E-state index contributed by atoms with van der Waals surface area (Å²) in [5.41, 5.74) is 2.42. The van der Waals surface area contributed by atoms with Crippen LogP contribution in [0.4, 0.5) is 4.79 Å². The van der Waals surface area contributed by atoms with E-state index in [1.165, 1.54) is 51.4 Å². The summed E-state index contributed by atoms with van der Waals surface area (Å²) in [5, 5.41) is 2.79. The highest BCUT2D eigenvalue weighted by molar-refractivity contribution is 7.48. The van der Waals surface area contributed by atoms with Crippen LogP contribution in [0.1, 0.15) is 101 Å². The Morgan fingerprint density at radius 3 is 1.73 bits per heavy atom. The summed E-state index contributed by atoms with van der Waals surface area (Å²) >= 11 is 17.8. The van der Waals surface area contributed by atoms with Crippen molar-refractivity contribution in [3.8, 4) is 0 Å². The van der Waals surface area contributed by atoms with Crippen LogP contribution in [-0.4, -0.2) is 67.0 Å². The highest BCUT2D eigenvalue weighted by atomic mass is 35.6. The Morgan fingerprint density at radius 2 is 1.23 bits per heavy atom. The van der Waals surface area contributed by atoms with Gasteiger partial charge in [-0.2, -0.15) is 0 Å². The molecular formula is C47H65Cl3NO10P. The second kappa shape index (κ2) is 29.8. The molecule has 0 unspecified atom stereocenters. The molecule has 1 amide bonds. The van der Waals surface area contributed by atoms with Crippen molar-refractivity contribution in [1.29, 1.82) is 0 Å². The van der Waals surface area contributed by atoms with E-state index in [1.54, 1.807) is 6.08 Å². The first-order valence-corrected chi connectivity index (χ1v) is 24.4. The van der Waals surface area contributed by atoms with Crippen molar-refractivity contribution in [1.82, 2.24) is 5.32 Å². The molecule has 0 radical (unpaired) electrons. The third kappa shape index (κ3) is 21.0. The minimum Gasteiger partial charge on any atom is -0.445 e. The van der Waals surface area contributed by atoms with Crippen LogP contribution in [0.5, 0.6) is 0 Å². The molecule has 1 aliphatic rings. The molecule has 1 saturated heterocycles. The number of phosphoric acid groups is 1. The fourth-order valence-electron chi connectivity index (χ4n) is 6.88. The lowest BCUT2D eigenvalue weighted by molar-refractivity contribution is -0.274. The molecule has 5 atom stereocenters. The average Bonchev–Trinajstić information content (AvgIpc) is 3.27. The summed E-state index contributed by atoms with van der Waals surface area (Å²) in [6, 6.07) is 27.1. The average molecular weight is 941 g/mol. The number of phosphoric ester groups is 1. The van der Waals surface area contributed by atoms with Gasteiger partial charge < -0.3 is 29.0 Å². The van der Waals surface area contributed by atoms with Gasteiger partial charge in [-0.1, -0.05) is 209 Å². The molecule has 1 N–H and O–H groups in total. The summed E-state index contributed by atoms with van der Waals surface area (Å²) in [6.45, 7) is 5.84. The van der Waals surface area contributed by atoms with Gasteiger partial charge in [0.25, 0.3) is 0 Å². The third-order valence-corrected chi connectivity index (χ3v) is 11.8. The summed E-state index contributed by atoms with van der Waals surface area (Å²) in [6.07, 6.45) is 10.3. The molecule has 0 aromatic heterocycles. The molecular weight excluding hydrogens is 876 g/mol. The van der Waals surface area contributed by atoms with E-state index < -0.39 is 55.0 Å². The van der Waals surface area contributed by atoms with Crippen LogP contribution in [0.2, 0.25) is 0 Å². The number of carbonyl (C=O) groups excluding carboxylic acids is 1. The number of ether oxygens (including phenoxy) is 5. The van der Waals surface area contributed by atoms with Gasteiger partial charge in [0.05, 0.1) is 33.0 Å². The Hall–Kier alpha value is -2.51. The number of unbranched alkanes of at least 4 members (excludes halogenated alkanes) is 11. The predicted molar refractivity (Wildman–Crippen MR) is 245 cm³/mol. The van der Waals surface area contributed by atoms with Crippen LogP contribution >= 0.6 is 42.6 Å². The van der Waals surface area contributed by atoms with Gasteiger partial charge in [-0.15, -0.1) is 6.58 Å². The molecule has 1 fully saturated rings. The van der Waals surface area contributed by atoms with E-state index >= 15 is 0 Å². The SMILES string of the molecule is C=CCO[C@H]1O[C@H](COCc2ccccc2)[C@@H](OP(=O)(OCc2ccccc2)OCc2ccccc2)[C@H](OCCCCCCCCCCCCCC)[C@H]1NC(=O)OCC(Cl)(Cl)Cl. The standard InChI is InChI=1S/C47H65Cl3NO10P/c1-3-5-6-7-8-9-10-11-12-13-14-24-32-55-44-42(51-46(52)57-37-47(48,49)50)45(56-31-4-2)60-41(36-54-33-38-25-18-15-19-26-38)43(44)61-62(53,58-34-39-27-20-16-21-28-39)59-35-40-29-22-17-23-30-40/h4,15-23,25-30,41-45H,2-3,5-14,24,31-37H2,1H3,(H,51,52)/t41-,42-,43-,44-,45+/m1/s1. The number of amides is 1. The molecule has 344 valence electrons. The lowest BCUT2D eigenvalue weighted by Crippen LogP contribution is -2.66. The number of nitrogens with one attached hydrogen (secondary N) is 1. The van der Waals surface area contributed by atoms with E-state index in [2.05, 4.69) is 18.8 Å². The van der Waals surface area contributed by atoms with E-state index in [0.717, 1.165) is 36.0 Å². The maximum atomic E-state index is 15.0. The maximum absolute atomic E-state index is 15.0. The molecule has 3 aromatic rings. The van der Waals surface area contributed by atoms with Crippen LogP contribution in [0, 0.1) is 0 Å². The maximum Gasteiger partial charge on any atom is 0.475 e. The van der Waals surface area contributed by atoms with Gasteiger partial charge in [-0.05, 0) is 23.1 Å². The smallest absolute Gasteiger partial charge is 0.445 e. The Morgan fingerprint density at radius 1 is 0.726 bits per heavy atom. The van der Waals surface area contributed by atoms with Crippen LogP contribution in [0.3, 0.4) is 0 Å². The second-order valence-electron chi connectivity index (χ2n) is 15.3. The number of halogens is 3. The first-order valence-electron chi connectivity index (χ1n) is 21.9. The number of alkyl halides is 3. The molecule has 0 saturated carbocycles. The van der Waals surface area contributed by atoms with Crippen molar-refractivity contribution >= 4 is 48.7 Å². The highest BCUT2D eigenvalue weighted by Crippen LogP contribution is 2.54. The molecule has 0 spiro atoms. The predicted octanol–water partition coefficient (Wildman–Crippen LogP) is 12.6. The number of benzene rings is 3. The summed E-state index contributed by atoms with van der Waals surface area (Å²) in [7, 11) is -4.46. The largest absolute Gasteiger partial charge is 0.475 e. The first-order chi connectivity index (χ1) is 30.1. The third-order valence-electron chi connectivity index (χ3n) is 10.1. The lowest BCUT2D eigenvalue weighted by Gasteiger charge is -2.46. The van der Waals surface area contributed by atoms with Crippen molar-refractivity contribution < 1.29 is 46.6 Å². The first kappa shape index (κ1) is 52.1. The van der Waals surface area contributed by atoms with E-state index in [-0.39, 0.29) is 39.6 Å². The molecule has 4 rings (SSSR count). The Labute approximate surface area is 384 Å². The van der Waals surface area contributed by atoms with Gasteiger partial charge in [0.2, 0.25) is 3.79 Å². The molecule has 1 heterocycles. The van der Waals surface area contributed by atoms with Crippen LogP contribution in [-0.2, 0) is 61.6 Å². The zero-order chi connectivity index (χ0) is 44.3. The summed E-state index contributed by atoms with van der Waals surface area (Å²) in [5.74, 6) is 0. The van der Waals surface area contributed by atoms with Crippen molar-refractivity contribution in [3.63, 3.8) is 0 Å². The Balaban J connectivity index is 1.60. The molecule has 0 bridgehead atoms. The number of alkyl carbamates (subject to hydrolysis) is 1. The molecule has 62 heavy (non-hydrogen) atoms. The van der Waals surface area contributed by atoms with Crippen LogP contribution in [0.15, 0.2) is 104 Å². The zero-order valence-electron chi connectivity index (χ0n) is 35.9. The van der Waals surface area contributed by atoms with E-state index in [1.807, 2.05) is 91.0 Å². The Kier molecular flexibility index (Phi) is 25.1. The second-order valence-corrected chi connectivity index (χ2v) is 19.4. The van der Waals surface area contributed by atoms with Crippen molar-refractivity contribution in [2.24, 2.45) is 0 Å². The minimum absolute atomic E-state index is 0.0478. The number of carbonyl (C=O) groups is 1. The normalized spacial score (nSPS) is 19.3. The van der Waals surface area contributed by atoms with Crippen molar-refractivity contribution in [3.05, 3.63) is 120 Å². The molecule has 15 heteroatoms. The van der Waals surface area contributed by atoms with Crippen LogP contribution < -0.4 is 5.32 Å². The topological polar surface area (TPSA) is 120 Å². The van der Waals surface area contributed by atoms with E-state index in [4.69, 9.17) is 72.1 Å². The number of rotatable bonds is 31. The van der Waals surface area contributed by atoms with E-state index in [0.29, 0.717) is 6.42 Å². The van der Waals surface area contributed by atoms with Gasteiger partial charge in [0, 0.05) is 6.61 Å². The number of hydrogen-bond acceptors (Lipinski definition) is 10. The number of hydrogen-bond donors (Lipinski definition) is 1. The van der Waals surface area contributed by atoms with Crippen molar-refractivity contribution in [2.45, 2.75) is 138 Å². The fraction of sp³-hybridized carbons (Fsp3) is 0.553. The Bertz CT molecular complexity index is 1640. The quantitative estimate of drug-likeness (QED) is 0.0289. The highest BCUT2D eigenvalue weighted by Gasteiger charge is 2.52. The minimum atomic E-state index is -4.46. The molecule has 3 aromatic carbocycles. The lowest BCUT2D eigenvalue weighted by atomic mass is 9.96. The van der Waals surface area contributed by atoms with Gasteiger partial charge in [-0.3, -0.25) is 13.6 Å². The zero-order valence-corrected chi connectivity index (χ0v) is 39.1.